The van der Waals surface area contributed by atoms with E-state index in [9.17, 15) is 0 Å². The van der Waals surface area contributed by atoms with E-state index in [1.807, 2.05) is 0 Å². The molecule has 0 bridgehead atoms. The van der Waals surface area contributed by atoms with Gasteiger partial charge in [-0.25, -0.2) is 4.98 Å². The monoisotopic (exact) mass is 227 g/mol. The van der Waals surface area contributed by atoms with Crippen LogP contribution >= 0.6 is 15.9 Å². The summed E-state index contributed by atoms with van der Waals surface area (Å²) in [6.07, 6.45) is 3.42. The minimum absolute atomic E-state index is 0.561. The van der Waals surface area contributed by atoms with Crippen LogP contribution in [0.3, 0.4) is 0 Å². The maximum absolute atomic E-state index is 5.04. The van der Waals surface area contributed by atoms with Crippen LogP contribution in [0, 0.1) is 0 Å². The first-order valence-corrected chi connectivity index (χ1v) is 4.14. The topological polar surface area (TPSA) is 50.8 Å². The van der Waals surface area contributed by atoms with Gasteiger partial charge in [-0.05, 0) is 15.9 Å². The van der Waals surface area contributed by atoms with Crippen molar-refractivity contribution in [3.05, 3.63) is 16.9 Å². The van der Waals surface area contributed by atoms with Crippen LogP contribution in [-0.4, -0.2) is 22.3 Å². The SMILES string of the molecule is COc1ncc(Br)c2cn[nH]c12. The van der Waals surface area contributed by atoms with E-state index in [-0.39, 0.29) is 0 Å². The zero-order valence-corrected chi connectivity index (χ0v) is 7.92. The molecule has 12 heavy (non-hydrogen) atoms. The minimum Gasteiger partial charge on any atom is -0.479 e. The van der Waals surface area contributed by atoms with Crippen molar-refractivity contribution in [3.63, 3.8) is 0 Å². The van der Waals surface area contributed by atoms with Crippen LogP contribution in [0.25, 0.3) is 10.9 Å². The Hall–Kier alpha value is -1.10. The zero-order valence-electron chi connectivity index (χ0n) is 6.34. The highest BCUT2D eigenvalue weighted by molar-refractivity contribution is 9.10. The van der Waals surface area contributed by atoms with Crippen molar-refractivity contribution in [1.29, 1.82) is 0 Å². The highest BCUT2D eigenvalue weighted by Crippen LogP contribution is 2.26. The van der Waals surface area contributed by atoms with Gasteiger partial charge in [-0.1, -0.05) is 0 Å². The number of aromatic nitrogens is 3. The molecule has 0 aromatic carbocycles. The van der Waals surface area contributed by atoms with Crippen LogP contribution in [0.5, 0.6) is 5.88 Å². The molecule has 0 fully saturated rings. The Morgan fingerprint density at radius 1 is 1.50 bits per heavy atom. The van der Waals surface area contributed by atoms with Gasteiger partial charge in [0.05, 0.1) is 13.3 Å². The summed E-state index contributed by atoms with van der Waals surface area (Å²) >= 11 is 3.36. The summed E-state index contributed by atoms with van der Waals surface area (Å²) in [5.41, 5.74) is 0.812. The molecule has 0 radical (unpaired) electrons. The fourth-order valence-corrected chi connectivity index (χ4v) is 1.44. The van der Waals surface area contributed by atoms with Crippen LogP contribution in [-0.2, 0) is 0 Å². The van der Waals surface area contributed by atoms with Crippen LogP contribution in [0.15, 0.2) is 16.9 Å². The van der Waals surface area contributed by atoms with Crippen molar-refractivity contribution in [1.82, 2.24) is 15.2 Å². The van der Waals surface area contributed by atoms with Gasteiger partial charge in [0.15, 0.2) is 0 Å². The molecule has 2 heterocycles. The highest BCUT2D eigenvalue weighted by atomic mass is 79.9. The molecule has 0 saturated heterocycles. The number of pyridine rings is 1. The Morgan fingerprint density at radius 3 is 3.08 bits per heavy atom. The lowest BCUT2D eigenvalue weighted by atomic mass is 10.3. The Labute approximate surface area is 77.1 Å². The van der Waals surface area contributed by atoms with Crippen molar-refractivity contribution < 1.29 is 4.74 Å². The number of H-pyrrole nitrogens is 1. The molecule has 0 atom stereocenters. The molecule has 0 spiro atoms. The van der Waals surface area contributed by atoms with Gasteiger partial charge in [-0.2, -0.15) is 5.10 Å². The summed E-state index contributed by atoms with van der Waals surface area (Å²) in [6.45, 7) is 0. The fraction of sp³-hybridized carbons (Fsp3) is 0.143. The number of hydrogen-bond acceptors (Lipinski definition) is 3. The predicted octanol–water partition coefficient (Wildman–Crippen LogP) is 1.73. The number of hydrogen-bond donors (Lipinski definition) is 1. The van der Waals surface area contributed by atoms with Gasteiger partial charge in [0.2, 0.25) is 5.88 Å². The highest BCUT2D eigenvalue weighted by Gasteiger charge is 2.06. The second-order valence-electron chi connectivity index (χ2n) is 2.27. The number of ether oxygens (including phenoxy) is 1. The number of fused-ring (bicyclic) bond motifs is 1. The van der Waals surface area contributed by atoms with Crippen LogP contribution in [0.4, 0.5) is 0 Å². The Balaban J connectivity index is 2.82. The molecule has 2 rings (SSSR count). The standard InChI is InChI=1S/C7H6BrN3O/c1-12-7-6-4(2-10-11-6)5(8)3-9-7/h2-3H,1H3,(H,10,11). The van der Waals surface area contributed by atoms with E-state index in [4.69, 9.17) is 4.74 Å². The molecule has 2 aromatic rings. The summed E-state index contributed by atoms with van der Waals surface area (Å²) in [5, 5.41) is 7.68. The molecule has 0 amide bonds. The van der Waals surface area contributed by atoms with Gasteiger partial charge in [0.25, 0.3) is 0 Å². The number of methoxy groups -OCH3 is 1. The molecule has 0 unspecified atom stereocenters. The van der Waals surface area contributed by atoms with E-state index < -0.39 is 0 Å². The van der Waals surface area contributed by atoms with Crippen LogP contribution in [0.2, 0.25) is 0 Å². The number of nitrogens with one attached hydrogen (secondary N) is 1. The Kier molecular flexibility index (Phi) is 1.73. The molecule has 0 saturated carbocycles. The lowest BCUT2D eigenvalue weighted by Gasteiger charge is -1.99. The second kappa shape index (κ2) is 2.75. The van der Waals surface area contributed by atoms with Gasteiger partial charge in [-0.15, -0.1) is 0 Å². The zero-order chi connectivity index (χ0) is 8.55. The maximum Gasteiger partial charge on any atom is 0.239 e. The summed E-state index contributed by atoms with van der Waals surface area (Å²) in [6, 6.07) is 0. The number of halogens is 1. The third kappa shape index (κ3) is 0.972. The van der Waals surface area contributed by atoms with Gasteiger partial charge >= 0.3 is 0 Å². The largest absolute Gasteiger partial charge is 0.479 e. The first kappa shape index (κ1) is 7.54. The molecule has 0 aliphatic carbocycles. The molecule has 1 N–H and O–H groups in total. The molecule has 2 aromatic heterocycles. The normalized spacial score (nSPS) is 10.5. The second-order valence-corrected chi connectivity index (χ2v) is 3.13. The Bertz CT molecular complexity index is 412. The van der Waals surface area contributed by atoms with E-state index >= 15 is 0 Å². The molecular weight excluding hydrogens is 222 g/mol. The van der Waals surface area contributed by atoms with Gasteiger partial charge < -0.3 is 4.74 Å². The quantitative estimate of drug-likeness (QED) is 0.808. The van der Waals surface area contributed by atoms with E-state index in [1.54, 1.807) is 19.5 Å². The van der Waals surface area contributed by atoms with Gasteiger partial charge in [-0.3, -0.25) is 5.10 Å². The van der Waals surface area contributed by atoms with Crippen molar-refractivity contribution in [2.75, 3.05) is 7.11 Å². The number of aromatic amines is 1. The molecule has 62 valence electrons. The molecule has 4 nitrogen and oxygen atoms in total. The van der Waals surface area contributed by atoms with Crippen molar-refractivity contribution in [2.45, 2.75) is 0 Å². The average Bonchev–Trinajstić information content (AvgIpc) is 2.54. The van der Waals surface area contributed by atoms with Crippen LogP contribution in [0.1, 0.15) is 0 Å². The molecular formula is C7H6BrN3O. The van der Waals surface area contributed by atoms with Crippen molar-refractivity contribution >= 4 is 26.8 Å². The van der Waals surface area contributed by atoms with Gasteiger partial charge in [0.1, 0.15) is 5.52 Å². The number of rotatable bonds is 1. The first-order chi connectivity index (χ1) is 5.83. The van der Waals surface area contributed by atoms with Crippen LogP contribution < -0.4 is 4.74 Å². The van der Waals surface area contributed by atoms with Gasteiger partial charge in [0, 0.05) is 16.1 Å². The Morgan fingerprint density at radius 2 is 2.33 bits per heavy atom. The van der Waals surface area contributed by atoms with Crippen molar-refractivity contribution in [3.8, 4) is 5.88 Å². The lowest BCUT2D eigenvalue weighted by Crippen LogP contribution is -1.88. The smallest absolute Gasteiger partial charge is 0.239 e. The number of nitrogens with zero attached hydrogens (tertiary/aromatic N) is 2. The summed E-state index contributed by atoms with van der Waals surface area (Å²) in [7, 11) is 1.58. The molecule has 0 aliphatic rings. The third-order valence-corrected chi connectivity index (χ3v) is 2.23. The summed E-state index contributed by atoms with van der Waals surface area (Å²) < 4.78 is 5.95. The summed E-state index contributed by atoms with van der Waals surface area (Å²) in [5.74, 6) is 0.561. The van der Waals surface area contributed by atoms with E-state index in [2.05, 4.69) is 31.1 Å². The lowest BCUT2D eigenvalue weighted by molar-refractivity contribution is 0.402. The van der Waals surface area contributed by atoms with E-state index in [0.29, 0.717) is 5.88 Å². The first-order valence-electron chi connectivity index (χ1n) is 3.34. The summed E-state index contributed by atoms with van der Waals surface area (Å²) in [4.78, 5) is 4.06. The van der Waals surface area contributed by atoms with Crippen molar-refractivity contribution in [2.24, 2.45) is 0 Å². The molecule has 0 aliphatic heterocycles. The molecule has 5 heteroatoms. The minimum atomic E-state index is 0.561. The van der Waals surface area contributed by atoms with E-state index in [1.165, 1.54) is 0 Å². The van der Waals surface area contributed by atoms with E-state index in [0.717, 1.165) is 15.4 Å². The fourth-order valence-electron chi connectivity index (χ4n) is 1.03. The maximum atomic E-state index is 5.04. The average molecular weight is 228 g/mol. The third-order valence-electron chi connectivity index (χ3n) is 1.60. The predicted molar refractivity (Wildman–Crippen MR) is 48.1 cm³/mol.